The molecule has 164 valence electrons. The zero-order valence-corrected chi connectivity index (χ0v) is 24.1. The van der Waals surface area contributed by atoms with Crippen LogP contribution in [0.1, 0.15) is 43.5 Å². The third-order valence-corrected chi connectivity index (χ3v) is 16.5. The second kappa shape index (κ2) is 9.37. The van der Waals surface area contributed by atoms with Gasteiger partial charge in [-0.25, -0.2) is 0 Å². The minimum absolute atomic E-state index is 0.658. The Labute approximate surface area is 216 Å². The van der Waals surface area contributed by atoms with Crippen LogP contribution in [0.3, 0.4) is 0 Å². The van der Waals surface area contributed by atoms with Crippen LogP contribution >= 0.6 is 8.58 Å². The molecule has 2 heteroatoms. The normalized spacial score (nSPS) is 18.8. The molecular formula is C32H27HfP. The molecule has 0 fully saturated rings. The first kappa shape index (κ1) is 22.1. The topological polar surface area (TPSA) is 0 Å². The molecule has 0 amide bonds. The van der Waals surface area contributed by atoms with Crippen molar-refractivity contribution in [2.45, 2.75) is 21.2 Å². The van der Waals surface area contributed by atoms with Gasteiger partial charge in [-0.2, -0.15) is 0 Å². The van der Waals surface area contributed by atoms with Crippen LogP contribution in [-0.2, 0) is 22.9 Å². The van der Waals surface area contributed by atoms with Crippen molar-refractivity contribution in [2.24, 2.45) is 0 Å². The molecule has 0 spiro atoms. The van der Waals surface area contributed by atoms with E-state index in [1.54, 1.807) is 27.6 Å². The van der Waals surface area contributed by atoms with Crippen LogP contribution < -0.4 is 5.30 Å². The fraction of sp³-hybridized carbons (Fsp3) is 0.125. The van der Waals surface area contributed by atoms with E-state index >= 15 is 0 Å². The first-order valence-corrected chi connectivity index (χ1v) is 17.1. The number of fused-ring (bicyclic) bond motifs is 2. The summed E-state index contributed by atoms with van der Waals surface area (Å²) in [5.41, 5.74) is 12.1. The Morgan fingerprint density at radius 3 is 2.06 bits per heavy atom. The van der Waals surface area contributed by atoms with Gasteiger partial charge in [0, 0.05) is 0 Å². The van der Waals surface area contributed by atoms with Gasteiger partial charge in [0.2, 0.25) is 0 Å². The summed E-state index contributed by atoms with van der Waals surface area (Å²) in [5.74, 6) is 0. The second-order valence-corrected chi connectivity index (χ2v) is 15.9. The summed E-state index contributed by atoms with van der Waals surface area (Å²) in [7, 11) is 0.737. The number of rotatable bonds is 5. The van der Waals surface area contributed by atoms with E-state index in [-0.39, 0.29) is 0 Å². The van der Waals surface area contributed by atoms with E-state index in [2.05, 4.69) is 123 Å². The molecule has 0 heterocycles. The van der Waals surface area contributed by atoms with Crippen molar-refractivity contribution in [3.05, 3.63) is 137 Å². The SMILES string of the molecule is CC1=Cc2c(-c3ccccc3)cccc2[CH]1[Hf][CH]1C(C)=C(Pc2ccccc2)c2ccccc21. The van der Waals surface area contributed by atoms with Gasteiger partial charge in [-0.3, -0.25) is 0 Å². The van der Waals surface area contributed by atoms with Gasteiger partial charge in [0.05, 0.1) is 0 Å². The molecule has 2 aliphatic rings. The summed E-state index contributed by atoms with van der Waals surface area (Å²) in [6.45, 7) is 4.80. The van der Waals surface area contributed by atoms with Crippen LogP contribution in [0.2, 0.25) is 0 Å². The molecule has 3 unspecified atom stereocenters. The monoisotopic (exact) mass is 622 g/mol. The molecule has 6 rings (SSSR count). The second-order valence-electron chi connectivity index (χ2n) is 9.23. The Kier molecular flexibility index (Phi) is 6.10. The van der Waals surface area contributed by atoms with Crippen molar-refractivity contribution < 1.29 is 22.9 Å². The standard InChI is InChI=1S/C16H14P.C16H13.Hf/c1-12-11-13-7-5-6-10-15(13)16(12)17-14-8-3-2-4-9-14;1-12-10-14-8-5-9-15(16(14)11-12)13-6-3-2-4-7-13;/h2-11,17H,1H3;2-11H,1H3;. The molecule has 0 saturated heterocycles. The minimum atomic E-state index is -1.14. The van der Waals surface area contributed by atoms with E-state index < -0.39 is 22.9 Å². The summed E-state index contributed by atoms with van der Waals surface area (Å²) < 4.78 is 1.33. The van der Waals surface area contributed by atoms with Crippen molar-refractivity contribution >= 4 is 25.3 Å². The molecule has 0 aromatic heterocycles. The van der Waals surface area contributed by atoms with E-state index in [0.29, 0.717) is 7.35 Å². The summed E-state index contributed by atoms with van der Waals surface area (Å²) in [4.78, 5) is 0. The Morgan fingerprint density at radius 1 is 0.618 bits per heavy atom. The van der Waals surface area contributed by atoms with Crippen LogP contribution in [0.15, 0.2) is 114 Å². The average molecular weight is 621 g/mol. The first-order chi connectivity index (χ1) is 16.7. The van der Waals surface area contributed by atoms with Gasteiger partial charge in [-0.05, 0) is 0 Å². The van der Waals surface area contributed by atoms with Crippen molar-refractivity contribution in [3.63, 3.8) is 0 Å². The number of allylic oxidation sites excluding steroid dienone is 2. The Balaban J connectivity index is 1.37. The van der Waals surface area contributed by atoms with Crippen molar-refractivity contribution in [1.82, 2.24) is 0 Å². The summed E-state index contributed by atoms with van der Waals surface area (Å²) >= 11 is -1.14. The van der Waals surface area contributed by atoms with Gasteiger partial charge in [0.15, 0.2) is 0 Å². The third-order valence-electron chi connectivity index (χ3n) is 7.11. The predicted octanol–water partition coefficient (Wildman–Crippen LogP) is 8.38. The van der Waals surface area contributed by atoms with Gasteiger partial charge >= 0.3 is 217 Å². The Hall–Kier alpha value is -2.34. The molecule has 3 atom stereocenters. The quantitative estimate of drug-likeness (QED) is 0.155. The molecule has 2 aliphatic carbocycles. The number of hydrogen-bond acceptors (Lipinski definition) is 0. The van der Waals surface area contributed by atoms with Crippen molar-refractivity contribution in [1.29, 1.82) is 0 Å². The van der Waals surface area contributed by atoms with Crippen molar-refractivity contribution in [2.75, 3.05) is 0 Å². The summed E-state index contributed by atoms with van der Waals surface area (Å²) in [5, 5.41) is 3.03. The molecule has 0 radical (unpaired) electrons. The molecule has 0 saturated carbocycles. The molecule has 4 aromatic rings. The molecular weight excluding hydrogens is 594 g/mol. The van der Waals surface area contributed by atoms with Gasteiger partial charge in [0.25, 0.3) is 0 Å². The van der Waals surface area contributed by atoms with E-state index in [1.165, 1.54) is 27.6 Å². The maximum absolute atomic E-state index is 2.49. The van der Waals surface area contributed by atoms with Crippen LogP contribution in [0.4, 0.5) is 0 Å². The van der Waals surface area contributed by atoms with Crippen LogP contribution in [-0.4, -0.2) is 0 Å². The maximum atomic E-state index is 2.49. The molecule has 0 bridgehead atoms. The van der Waals surface area contributed by atoms with Gasteiger partial charge < -0.3 is 0 Å². The Bertz CT molecular complexity index is 1420. The van der Waals surface area contributed by atoms with Gasteiger partial charge in [0.1, 0.15) is 0 Å². The van der Waals surface area contributed by atoms with E-state index in [1.807, 2.05) is 0 Å². The molecule has 34 heavy (non-hydrogen) atoms. The van der Waals surface area contributed by atoms with Gasteiger partial charge in [-0.15, -0.1) is 0 Å². The van der Waals surface area contributed by atoms with Crippen molar-refractivity contribution in [3.8, 4) is 11.1 Å². The molecule has 4 aromatic carbocycles. The van der Waals surface area contributed by atoms with Crippen LogP contribution in [0, 0.1) is 0 Å². The third kappa shape index (κ3) is 3.94. The zero-order valence-electron chi connectivity index (χ0n) is 19.5. The van der Waals surface area contributed by atoms with E-state index in [4.69, 9.17) is 0 Å². The first-order valence-electron chi connectivity index (χ1n) is 12.0. The summed E-state index contributed by atoms with van der Waals surface area (Å²) in [6.07, 6.45) is 2.49. The van der Waals surface area contributed by atoms with E-state index in [0.717, 1.165) is 8.58 Å². The number of hydrogen-bond donors (Lipinski definition) is 0. The van der Waals surface area contributed by atoms with E-state index in [9.17, 15) is 0 Å². The summed E-state index contributed by atoms with van der Waals surface area (Å²) in [6, 6.07) is 38.1. The number of benzene rings is 4. The van der Waals surface area contributed by atoms with Gasteiger partial charge in [-0.1, -0.05) is 0 Å². The fourth-order valence-electron chi connectivity index (χ4n) is 5.42. The van der Waals surface area contributed by atoms with Crippen LogP contribution in [0.25, 0.3) is 22.5 Å². The molecule has 0 N–H and O–H groups in total. The van der Waals surface area contributed by atoms with Crippen LogP contribution in [0.5, 0.6) is 0 Å². The zero-order chi connectivity index (χ0) is 23.1. The average Bonchev–Trinajstić information content (AvgIpc) is 3.34. The fourth-order valence-corrected chi connectivity index (χ4v) is 14.2. The predicted molar refractivity (Wildman–Crippen MR) is 144 cm³/mol. The Morgan fingerprint density at radius 2 is 1.26 bits per heavy atom. The molecule has 0 nitrogen and oxygen atoms in total. The molecule has 0 aliphatic heterocycles.